The van der Waals surface area contributed by atoms with Crippen molar-refractivity contribution >= 4 is 15.9 Å². The van der Waals surface area contributed by atoms with E-state index in [4.69, 9.17) is 0 Å². The van der Waals surface area contributed by atoms with Crippen LogP contribution in [0, 0.1) is 5.82 Å². The van der Waals surface area contributed by atoms with E-state index in [0.717, 1.165) is 23.0 Å². The first-order valence-corrected chi connectivity index (χ1v) is 7.44. The topological polar surface area (TPSA) is 37.8 Å². The van der Waals surface area contributed by atoms with E-state index < -0.39 is 0 Å². The number of benzene rings is 1. The fourth-order valence-corrected chi connectivity index (χ4v) is 2.46. The van der Waals surface area contributed by atoms with Gasteiger partial charge in [-0.2, -0.15) is 10.2 Å². The number of nitrogens with one attached hydrogen (secondary N) is 1. The van der Waals surface area contributed by atoms with Crippen molar-refractivity contribution in [3.8, 4) is 0 Å². The molecular formula is C15H17BrFN3. The van der Waals surface area contributed by atoms with Gasteiger partial charge in [0.15, 0.2) is 0 Å². The van der Waals surface area contributed by atoms with Crippen LogP contribution in [0.1, 0.15) is 30.5 Å². The van der Waals surface area contributed by atoms with E-state index in [1.165, 1.54) is 6.07 Å². The summed E-state index contributed by atoms with van der Waals surface area (Å²) < 4.78 is 14.8. The van der Waals surface area contributed by atoms with Crippen LogP contribution in [0.2, 0.25) is 0 Å². The SMILES string of the molecule is CCCNC(Cc1cc(Br)ccc1F)c1ccnnc1. The van der Waals surface area contributed by atoms with E-state index in [2.05, 4.69) is 38.4 Å². The van der Waals surface area contributed by atoms with Crippen molar-refractivity contribution in [3.05, 3.63) is 58.1 Å². The molecule has 0 bridgehead atoms. The van der Waals surface area contributed by atoms with Gasteiger partial charge in [-0.1, -0.05) is 22.9 Å². The largest absolute Gasteiger partial charge is 0.310 e. The van der Waals surface area contributed by atoms with Gasteiger partial charge in [-0.25, -0.2) is 4.39 Å². The zero-order chi connectivity index (χ0) is 14.4. The van der Waals surface area contributed by atoms with Gasteiger partial charge in [-0.15, -0.1) is 0 Å². The summed E-state index contributed by atoms with van der Waals surface area (Å²) in [6.45, 7) is 2.98. The maximum Gasteiger partial charge on any atom is 0.126 e. The lowest BCUT2D eigenvalue weighted by Crippen LogP contribution is -2.24. The average Bonchev–Trinajstić information content (AvgIpc) is 2.48. The summed E-state index contributed by atoms with van der Waals surface area (Å²) in [6, 6.07) is 6.97. The van der Waals surface area contributed by atoms with Gasteiger partial charge in [0.25, 0.3) is 0 Å². The number of halogens is 2. The maximum atomic E-state index is 13.9. The minimum Gasteiger partial charge on any atom is -0.310 e. The summed E-state index contributed by atoms with van der Waals surface area (Å²) in [4.78, 5) is 0. The lowest BCUT2D eigenvalue weighted by molar-refractivity contribution is 0.510. The molecule has 1 N–H and O–H groups in total. The Hall–Kier alpha value is -1.33. The molecule has 3 nitrogen and oxygen atoms in total. The van der Waals surface area contributed by atoms with E-state index >= 15 is 0 Å². The van der Waals surface area contributed by atoms with E-state index in [0.29, 0.717) is 12.0 Å². The lowest BCUT2D eigenvalue weighted by atomic mass is 10.00. The molecule has 0 fully saturated rings. The second-order valence-electron chi connectivity index (χ2n) is 4.62. The van der Waals surface area contributed by atoms with Gasteiger partial charge in [0.2, 0.25) is 0 Å². The summed E-state index contributed by atoms with van der Waals surface area (Å²) >= 11 is 3.39. The Kier molecular flexibility index (Phi) is 5.61. The summed E-state index contributed by atoms with van der Waals surface area (Å²) in [5, 5.41) is 11.1. The van der Waals surface area contributed by atoms with Crippen molar-refractivity contribution in [2.24, 2.45) is 0 Å². The van der Waals surface area contributed by atoms with Crippen LogP contribution in [-0.2, 0) is 6.42 Å². The third-order valence-corrected chi connectivity index (χ3v) is 3.58. The number of rotatable bonds is 6. The Labute approximate surface area is 126 Å². The summed E-state index contributed by atoms with van der Waals surface area (Å²) in [5.74, 6) is -0.182. The fourth-order valence-electron chi connectivity index (χ4n) is 2.05. The second-order valence-corrected chi connectivity index (χ2v) is 5.54. The monoisotopic (exact) mass is 337 g/mol. The van der Waals surface area contributed by atoms with Crippen molar-refractivity contribution in [1.82, 2.24) is 15.5 Å². The van der Waals surface area contributed by atoms with Crippen LogP contribution in [0.4, 0.5) is 4.39 Å². The number of hydrogen-bond donors (Lipinski definition) is 1. The quantitative estimate of drug-likeness (QED) is 0.873. The van der Waals surface area contributed by atoms with Gasteiger partial charge in [0.1, 0.15) is 5.82 Å². The highest BCUT2D eigenvalue weighted by atomic mass is 79.9. The standard InChI is InChI=1S/C15H17BrFN3/c1-2-6-18-15(11-5-7-19-20-10-11)9-12-8-13(16)3-4-14(12)17/h3-5,7-8,10,15,18H,2,6,9H2,1H3. The fraction of sp³-hybridized carbons (Fsp3) is 0.333. The molecule has 0 saturated carbocycles. The van der Waals surface area contributed by atoms with Crippen LogP contribution >= 0.6 is 15.9 Å². The van der Waals surface area contributed by atoms with E-state index in [9.17, 15) is 4.39 Å². The third-order valence-electron chi connectivity index (χ3n) is 3.08. The van der Waals surface area contributed by atoms with Crippen molar-refractivity contribution < 1.29 is 4.39 Å². The predicted octanol–water partition coefficient (Wildman–Crippen LogP) is 3.66. The van der Waals surface area contributed by atoms with Crippen LogP contribution in [0.5, 0.6) is 0 Å². The molecule has 0 aliphatic carbocycles. The van der Waals surface area contributed by atoms with Crippen molar-refractivity contribution in [3.63, 3.8) is 0 Å². The Bertz CT molecular complexity index is 548. The summed E-state index contributed by atoms with van der Waals surface area (Å²) in [7, 11) is 0. The highest BCUT2D eigenvalue weighted by Crippen LogP contribution is 2.22. The summed E-state index contributed by atoms with van der Waals surface area (Å²) in [5.41, 5.74) is 1.71. The average molecular weight is 338 g/mol. The Morgan fingerprint density at radius 1 is 1.30 bits per heavy atom. The maximum absolute atomic E-state index is 13.9. The zero-order valence-corrected chi connectivity index (χ0v) is 12.9. The lowest BCUT2D eigenvalue weighted by Gasteiger charge is -2.19. The van der Waals surface area contributed by atoms with Crippen LogP contribution in [0.25, 0.3) is 0 Å². The first-order chi connectivity index (χ1) is 9.70. The Morgan fingerprint density at radius 2 is 2.15 bits per heavy atom. The predicted molar refractivity (Wildman–Crippen MR) is 80.9 cm³/mol. The molecule has 1 unspecified atom stereocenters. The molecule has 1 aromatic carbocycles. The molecule has 0 aliphatic heterocycles. The number of aromatic nitrogens is 2. The van der Waals surface area contributed by atoms with Gasteiger partial charge < -0.3 is 5.32 Å². The van der Waals surface area contributed by atoms with Gasteiger partial charge in [0.05, 0.1) is 6.20 Å². The third kappa shape index (κ3) is 4.08. The highest BCUT2D eigenvalue weighted by Gasteiger charge is 2.14. The first-order valence-electron chi connectivity index (χ1n) is 6.64. The number of hydrogen-bond acceptors (Lipinski definition) is 3. The molecule has 2 rings (SSSR count). The molecule has 0 amide bonds. The smallest absolute Gasteiger partial charge is 0.126 e. The molecule has 1 heterocycles. The Balaban J connectivity index is 2.21. The molecule has 1 atom stereocenters. The van der Waals surface area contributed by atoms with Gasteiger partial charge in [-0.3, -0.25) is 0 Å². The molecule has 1 aromatic heterocycles. The van der Waals surface area contributed by atoms with E-state index in [-0.39, 0.29) is 11.9 Å². The van der Waals surface area contributed by atoms with E-state index in [1.807, 2.05) is 12.1 Å². The van der Waals surface area contributed by atoms with Gasteiger partial charge >= 0.3 is 0 Å². The van der Waals surface area contributed by atoms with Crippen molar-refractivity contribution in [1.29, 1.82) is 0 Å². The first kappa shape index (κ1) is 15.1. The molecule has 106 valence electrons. The molecule has 0 aliphatic rings. The highest BCUT2D eigenvalue weighted by molar-refractivity contribution is 9.10. The minimum absolute atomic E-state index is 0.0363. The molecule has 2 aromatic rings. The molecule has 0 radical (unpaired) electrons. The van der Waals surface area contributed by atoms with Crippen LogP contribution in [0.3, 0.4) is 0 Å². The molecule has 0 spiro atoms. The van der Waals surface area contributed by atoms with Crippen molar-refractivity contribution in [2.45, 2.75) is 25.8 Å². The molecule has 0 saturated heterocycles. The van der Waals surface area contributed by atoms with Gasteiger partial charge in [-0.05, 0) is 54.8 Å². The normalized spacial score (nSPS) is 12.3. The minimum atomic E-state index is -0.182. The summed E-state index contributed by atoms with van der Waals surface area (Å²) in [6.07, 6.45) is 4.99. The van der Waals surface area contributed by atoms with Crippen molar-refractivity contribution in [2.75, 3.05) is 6.54 Å². The molecule has 5 heteroatoms. The second kappa shape index (κ2) is 7.45. The van der Waals surface area contributed by atoms with Crippen LogP contribution in [-0.4, -0.2) is 16.7 Å². The Morgan fingerprint density at radius 3 is 2.85 bits per heavy atom. The van der Waals surface area contributed by atoms with Gasteiger partial charge in [0, 0.05) is 16.7 Å². The zero-order valence-electron chi connectivity index (χ0n) is 11.3. The van der Waals surface area contributed by atoms with E-state index in [1.54, 1.807) is 18.5 Å². The van der Waals surface area contributed by atoms with Crippen LogP contribution in [0.15, 0.2) is 41.1 Å². The van der Waals surface area contributed by atoms with Crippen LogP contribution < -0.4 is 5.32 Å². The molecule has 20 heavy (non-hydrogen) atoms. The number of nitrogens with zero attached hydrogens (tertiary/aromatic N) is 2. The molecular weight excluding hydrogens is 321 g/mol.